The molecule has 0 radical (unpaired) electrons. The standard InChI is InChI=1S/C26H23NO4/c28-25(29)17-11-9-16(10-12-17)18-13-19(14-18)27-26(30)31-15-24-22-7-3-1-5-20(22)21-6-2-4-8-23(21)24/h1-12,18-19,24H,13-15H2,(H,27,30)(H,28,29). The zero-order chi connectivity index (χ0) is 21.4. The molecule has 2 aliphatic carbocycles. The van der Waals surface area contributed by atoms with Crippen molar-refractivity contribution in [3.63, 3.8) is 0 Å². The lowest BCUT2D eigenvalue weighted by molar-refractivity contribution is 0.0696. The lowest BCUT2D eigenvalue weighted by atomic mass is 9.76. The van der Waals surface area contributed by atoms with E-state index < -0.39 is 5.97 Å². The molecule has 2 N–H and O–H groups in total. The summed E-state index contributed by atoms with van der Waals surface area (Å²) in [6, 6.07) is 23.6. The Morgan fingerprint density at radius 2 is 1.45 bits per heavy atom. The number of aromatic carboxylic acids is 1. The molecule has 0 aliphatic heterocycles. The van der Waals surface area contributed by atoms with Crippen molar-refractivity contribution in [3.05, 3.63) is 95.1 Å². The van der Waals surface area contributed by atoms with E-state index >= 15 is 0 Å². The molecule has 0 spiro atoms. The number of benzene rings is 3. The number of carbonyl (C=O) groups excluding carboxylic acids is 1. The van der Waals surface area contributed by atoms with Crippen molar-refractivity contribution in [2.45, 2.75) is 30.7 Å². The molecule has 0 saturated heterocycles. The summed E-state index contributed by atoms with van der Waals surface area (Å²) in [4.78, 5) is 23.4. The van der Waals surface area contributed by atoms with Gasteiger partial charge in [-0.25, -0.2) is 9.59 Å². The number of hydrogen-bond acceptors (Lipinski definition) is 3. The SMILES string of the molecule is O=C(NC1CC(c2ccc(C(=O)O)cc2)C1)OCC1c2ccccc2-c2ccccc21. The van der Waals surface area contributed by atoms with Gasteiger partial charge in [-0.15, -0.1) is 0 Å². The first-order valence-corrected chi connectivity index (χ1v) is 10.5. The second-order valence-corrected chi connectivity index (χ2v) is 8.26. The molecule has 5 heteroatoms. The summed E-state index contributed by atoms with van der Waals surface area (Å²) in [6.07, 6.45) is 1.28. The first kappa shape index (κ1) is 19.4. The number of carbonyl (C=O) groups is 2. The van der Waals surface area contributed by atoms with E-state index in [1.165, 1.54) is 22.3 Å². The molecule has 0 atom stereocenters. The van der Waals surface area contributed by atoms with E-state index in [-0.39, 0.29) is 23.6 Å². The van der Waals surface area contributed by atoms with E-state index in [0.717, 1.165) is 18.4 Å². The fourth-order valence-electron chi connectivity index (χ4n) is 4.71. The van der Waals surface area contributed by atoms with E-state index in [2.05, 4.69) is 29.6 Å². The van der Waals surface area contributed by atoms with Crippen LogP contribution in [0.4, 0.5) is 4.79 Å². The molecule has 5 rings (SSSR count). The molecule has 0 heterocycles. The number of alkyl carbamates (subject to hydrolysis) is 1. The lowest BCUT2D eigenvalue weighted by Gasteiger charge is -2.36. The van der Waals surface area contributed by atoms with Gasteiger partial charge in [0.1, 0.15) is 6.61 Å². The Labute approximate surface area is 180 Å². The van der Waals surface area contributed by atoms with Crippen molar-refractivity contribution in [1.82, 2.24) is 5.32 Å². The summed E-state index contributed by atoms with van der Waals surface area (Å²) >= 11 is 0. The molecule has 5 nitrogen and oxygen atoms in total. The maximum atomic E-state index is 12.4. The van der Waals surface area contributed by atoms with Gasteiger partial charge < -0.3 is 15.2 Å². The highest BCUT2D eigenvalue weighted by molar-refractivity contribution is 5.87. The van der Waals surface area contributed by atoms with Gasteiger partial charge in [0.2, 0.25) is 0 Å². The average Bonchev–Trinajstić information content (AvgIpc) is 3.08. The average molecular weight is 413 g/mol. The van der Waals surface area contributed by atoms with Crippen molar-refractivity contribution < 1.29 is 19.4 Å². The second kappa shape index (κ2) is 7.91. The summed E-state index contributed by atoms with van der Waals surface area (Å²) in [7, 11) is 0. The zero-order valence-electron chi connectivity index (χ0n) is 17.0. The summed E-state index contributed by atoms with van der Waals surface area (Å²) in [5.74, 6) is -0.531. The van der Waals surface area contributed by atoms with E-state index in [0.29, 0.717) is 12.5 Å². The smallest absolute Gasteiger partial charge is 0.407 e. The van der Waals surface area contributed by atoms with Crippen LogP contribution in [-0.2, 0) is 4.74 Å². The largest absolute Gasteiger partial charge is 0.478 e. The van der Waals surface area contributed by atoms with Crippen molar-refractivity contribution >= 4 is 12.1 Å². The van der Waals surface area contributed by atoms with Crippen LogP contribution in [0.15, 0.2) is 72.8 Å². The minimum absolute atomic E-state index is 0.0556. The van der Waals surface area contributed by atoms with Crippen molar-refractivity contribution in [1.29, 1.82) is 0 Å². The fraction of sp³-hybridized carbons (Fsp3) is 0.231. The molecule has 1 amide bonds. The third-order valence-corrected chi connectivity index (χ3v) is 6.43. The molecule has 0 bridgehead atoms. The lowest BCUT2D eigenvalue weighted by Crippen LogP contribution is -2.43. The quantitative estimate of drug-likeness (QED) is 0.605. The van der Waals surface area contributed by atoms with Gasteiger partial charge in [-0.1, -0.05) is 60.7 Å². The Hall–Kier alpha value is -3.60. The van der Waals surface area contributed by atoms with Crippen LogP contribution < -0.4 is 5.32 Å². The van der Waals surface area contributed by atoms with Crippen LogP contribution in [-0.4, -0.2) is 29.8 Å². The molecular formula is C26H23NO4. The molecule has 2 aliphatic rings. The van der Waals surface area contributed by atoms with E-state index in [9.17, 15) is 9.59 Å². The fourth-order valence-corrected chi connectivity index (χ4v) is 4.71. The maximum absolute atomic E-state index is 12.4. The predicted octanol–water partition coefficient (Wildman–Crippen LogP) is 5.17. The normalized spacial score (nSPS) is 19.1. The Kier molecular flexibility index (Phi) is 4.94. The Morgan fingerprint density at radius 1 is 0.871 bits per heavy atom. The Bertz CT molecular complexity index is 1090. The minimum atomic E-state index is -0.921. The van der Waals surface area contributed by atoms with Crippen LogP contribution in [0.25, 0.3) is 11.1 Å². The number of ether oxygens (including phenoxy) is 1. The minimum Gasteiger partial charge on any atom is -0.478 e. The molecule has 156 valence electrons. The topological polar surface area (TPSA) is 75.6 Å². The molecule has 1 saturated carbocycles. The summed E-state index contributed by atoms with van der Waals surface area (Å²) in [6.45, 7) is 0.312. The maximum Gasteiger partial charge on any atom is 0.407 e. The number of carboxylic acid groups (broad SMARTS) is 1. The van der Waals surface area contributed by atoms with Crippen LogP contribution >= 0.6 is 0 Å². The molecule has 3 aromatic carbocycles. The van der Waals surface area contributed by atoms with Crippen LogP contribution in [0.3, 0.4) is 0 Å². The van der Waals surface area contributed by atoms with Gasteiger partial charge >= 0.3 is 12.1 Å². The first-order valence-electron chi connectivity index (χ1n) is 10.5. The third kappa shape index (κ3) is 3.67. The van der Waals surface area contributed by atoms with Gasteiger partial charge in [0.15, 0.2) is 0 Å². The number of fused-ring (bicyclic) bond motifs is 3. The summed E-state index contributed by atoms with van der Waals surface area (Å²) < 4.78 is 5.61. The van der Waals surface area contributed by atoms with Crippen molar-refractivity contribution in [2.75, 3.05) is 6.61 Å². The summed E-state index contributed by atoms with van der Waals surface area (Å²) in [5.41, 5.74) is 6.22. The molecule has 31 heavy (non-hydrogen) atoms. The Balaban J connectivity index is 1.15. The first-order chi connectivity index (χ1) is 15.1. The van der Waals surface area contributed by atoms with Crippen LogP contribution in [0.1, 0.15) is 51.7 Å². The van der Waals surface area contributed by atoms with E-state index in [1.807, 2.05) is 36.4 Å². The van der Waals surface area contributed by atoms with E-state index in [1.54, 1.807) is 12.1 Å². The molecule has 0 aromatic heterocycles. The number of amides is 1. The van der Waals surface area contributed by atoms with Gasteiger partial charge in [0, 0.05) is 12.0 Å². The second-order valence-electron chi connectivity index (χ2n) is 8.26. The van der Waals surface area contributed by atoms with Gasteiger partial charge in [0.05, 0.1) is 5.56 Å². The van der Waals surface area contributed by atoms with Crippen LogP contribution in [0.2, 0.25) is 0 Å². The van der Waals surface area contributed by atoms with Crippen LogP contribution in [0.5, 0.6) is 0 Å². The molecule has 0 unspecified atom stereocenters. The van der Waals surface area contributed by atoms with Crippen LogP contribution in [0, 0.1) is 0 Å². The van der Waals surface area contributed by atoms with Gasteiger partial charge in [-0.2, -0.15) is 0 Å². The monoisotopic (exact) mass is 413 g/mol. The molecule has 3 aromatic rings. The van der Waals surface area contributed by atoms with Gasteiger partial charge in [-0.3, -0.25) is 0 Å². The predicted molar refractivity (Wildman–Crippen MR) is 117 cm³/mol. The highest BCUT2D eigenvalue weighted by atomic mass is 16.5. The van der Waals surface area contributed by atoms with Gasteiger partial charge in [-0.05, 0) is 58.7 Å². The third-order valence-electron chi connectivity index (χ3n) is 6.43. The number of carboxylic acids is 1. The summed E-state index contributed by atoms with van der Waals surface area (Å²) in [5, 5.41) is 12.0. The Morgan fingerprint density at radius 3 is 2.03 bits per heavy atom. The molecule has 1 fully saturated rings. The number of hydrogen-bond donors (Lipinski definition) is 2. The van der Waals surface area contributed by atoms with Crippen molar-refractivity contribution in [3.8, 4) is 11.1 Å². The number of nitrogens with one attached hydrogen (secondary N) is 1. The highest BCUT2D eigenvalue weighted by Gasteiger charge is 2.33. The molecular weight excluding hydrogens is 390 g/mol. The van der Waals surface area contributed by atoms with E-state index in [4.69, 9.17) is 9.84 Å². The van der Waals surface area contributed by atoms with Crippen molar-refractivity contribution in [2.24, 2.45) is 0 Å². The zero-order valence-corrected chi connectivity index (χ0v) is 17.0. The number of rotatable bonds is 5. The highest BCUT2D eigenvalue weighted by Crippen LogP contribution is 2.44. The van der Waals surface area contributed by atoms with Gasteiger partial charge in [0.25, 0.3) is 0 Å².